The standard InChI is InChI=1S/C33H57N5O20/c1-17(41)35-25-29(49)27(47)20(14-39)57-32(25)38-22(43)13-19(31(51)34-4-6-53-8-10-55-12-11-54-9-7-52-5-3-24(45)46)37-23(44)16-56-33-26(36-18(2)42)30(50)28(48)21(15-40)58-33/h19-21,25-30,32-33,39-40,47-50H,3-16H2,1-2H3,(H,34,51)(H,35,41)(H,36,42)(H,37,44)(H,38,43)(H,45,46)/t19-,20?,21?,25?,26?,27?,28?,29?,30?,32?,33?/m0/s1. The van der Waals surface area contributed by atoms with Crippen molar-refractivity contribution < 1.29 is 97.7 Å². The molecule has 2 heterocycles. The molecule has 11 atom stereocenters. The number of hydrogen-bond donors (Lipinski definition) is 12. The molecule has 10 unspecified atom stereocenters. The van der Waals surface area contributed by atoms with Crippen molar-refractivity contribution in [2.75, 3.05) is 79.2 Å². The Balaban J connectivity index is 1.98. The maximum atomic E-state index is 13.3. The zero-order chi connectivity index (χ0) is 43.2. The molecule has 0 aromatic rings. The molecular weight excluding hydrogens is 786 g/mol. The van der Waals surface area contributed by atoms with Crippen LogP contribution in [0.5, 0.6) is 0 Å². The number of rotatable bonds is 27. The number of nitrogens with one attached hydrogen (secondary N) is 5. The zero-order valence-electron chi connectivity index (χ0n) is 32.2. The van der Waals surface area contributed by atoms with E-state index in [-0.39, 0.29) is 65.8 Å². The molecule has 2 fully saturated rings. The quantitative estimate of drug-likeness (QED) is 0.0342. The first-order valence-corrected chi connectivity index (χ1v) is 18.4. The minimum Gasteiger partial charge on any atom is -0.481 e. The number of carbonyl (C=O) groups is 6. The molecule has 2 saturated heterocycles. The van der Waals surface area contributed by atoms with Gasteiger partial charge in [-0.2, -0.15) is 0 Å². The first-order valence-electron chi connectivity index (χ1n) is 18.4. The van der Waals surface area contributed by atoms with Crippen molar-refractivity contribution in [2.24, 2.45) is 0 Å². The number of carboxylic acids is 1. The van der Waals surface area contributed by atoms with Gasteiger partial charge >= 0.3 is 5.97 Å². The van der Waals surface area contributed by atoms with Crippen molar-refractivity contribution >= 4 is 35.5 Å². The highest BCUT2D eigenvalue weighted by atomic mass is 16.7. The van der Waals surface area contributed by atoms with Gasteiger partial charge in [0.25, 0.3) is 0 Å². The molecule has 2 aliphatic heterocycles. The summed E-state index contributed by atoms with van der Waals surface area (Å²) in [5, 5.41) is 81.1. The van der Waals surface area contributed by atoms with Crippen LogP contribution in [-0.4, -0.2) is 218 Å². The second kappa shape index (κ2) is 27.1. The van der Waals surface area contributed by atoms with E-state index in [1.54, 1.807) is 0 Å². The van der Waals surface area contributed by atoms with Gasteiger partial charge in [0.2, 0.25) is 29.5 Å². The maximum absolute atomic E-state index is 13.3. The number of carbonyl (C=O) groups excluding carboxylic acids is 5. The Hall–Kier alpha value is -3.70. The van der Waals surface area contributed by atoms with Crippen LogP contribution in [0.3, 0.4) is 0 Å². The molecule has 0 aromatic carbocycles. The molecule has 0 radical (unpaired) electrons. The second-order valence-corrected chi connectivity index (χ2v) is 13.0. The van der Waals surface area contributed by atoms with Gasteiger partial charge in [0.1, 0.15) is 61.4 Å². The minimum absolute atomic E-state index is 0.0178. The van der Waals surface area contributed by atoms with Gasteiger partial charge in [-0.1, -0.05) is 0 Å². The number of aliphatic hydroxyl groups is 6. The van der Waals surface area contributed by atoms with Crippen molar-refractivity contribution in [1.82, 2.24) is 26.6 Å². The molecule has 0 spiro atoms. The van der Waals surface area contributed by atoms with Gasteiger partial charge in [-0.05, 0) is 0 Å². The summed E-state index contributed by atoms with van der Waals surface area (Å²) in [7, 11) is 0. The third-order valence-corrected chi connectivity index (χ3v) is 8.39. The fourth-order valence-corrected chi connectivity index (χ4v) is 5.55. The maximum Gasteiger partial charge on any atom is 0.305 e. The Labute approximate surface area is 332 Å². The van der Waals surface area contributed by atoms with Crippen molar-refractivity contribution in [2.45, 2.75) is 94.0 Å². The van der Waals surface area contributed by atoms with Crippen LogP contribution in [0.4, 0.5) is 0 Å². The predicted octanol–water partition coefficient (Wildman–Crippen LogP) is -7.46. The van der Waals surface area contributed by atoms with Gasteiger partial charge in [-0.15, -0.1) is 0 Å². The van der Waals surface area contributed by atoms with Crippen LogP contribution in [-0.2, 0) is 61.9 Å². The van der Waals surface area contributed by atoms with Crippen LogP contribution in [0.1, 0.15) is 26.7 Å². The van der Waals surface area contributed by atoms with E-state index >= 15 is 0 Å². The van der Waals surface area contributed by atoms with Gasteiger partial charge in [0, 0.05) is 20.4 Å². The smallest absolute Gasteiger partial charge is 0.305 e. The Bertz CT molecular complexity index is 1300. The van der Waals surface area contributed by atoms with Gasteiger partial charge in [-0.3, -0.25) is 28.8 Å². The molecule has 2 rings (SSSR count). The lowest BCUT2D eigenvalue weighted by Crippen LogP contribution is -2.68. The number of hydrogen-bond acceptors (Lipinski definition) is 19. The molecule has 0 bridgehead atoms. The van der Waals surface area contributed by atoms with E-state index in [1.807, 2.05) is 0 Å². The number of carboxylic acid groups (broad SMARTS) is 1. The van der Waals surface area contributed by atoms with Crippen LogP contribution in [0, 0.1) is 0 Å². The summed E-state index contributed by atoms with van der Waals surface area (Å²) in [6.07, 6.45) is -13.2. The number of aliphatic carboxylic acids is 1. The largest absolute Gasteiger partial charge is 0.481 e. The highest BCUT2D eigenvalue weighted by Crippen LogP contribution is 2.23. The highest BCUT2D eigenvalue weighted by Gasteiger charge is 2.47. The molecule has 2 aliphatic rings. The molecule has 5 amide bonds. The first kappa shape index (κ1) is 50.4. The minimum atomic E-state index is -1.69. The number of amides is 5. The Morgan fingerprint density at radius 3 is 1.67 bits per heavy atom. The lowest BCUT2D eigenvalue weighted by molar-refractivity contribution is -0.268. The molecule has 0 aromatic heterocycles. The molecule has 334 valence electrons. The van der Waals surface area contributed by atoms with Crippen LogP contribution >= 0.6 is 0 Å². The van der Waals surface area contributed by atoms with Crippen molar-refractivity contribution in [3.8, 4) is 0 Å². The van der Waals surface area contributed by atoms with Gasteiger partial charge in [0.15, 0.2) is 12.5 Å². The van der Waals surface area contributed by atoms with Crippen LogP contribution in [0.15, 0.2) is 0 Å². The Morgan fingerprint density at radius 2 is 1.14 bits per heavy atom. The number of aliphatic hydroxyl groups excluding tert-OH is 6. The molecule has 25 heteroatoms. The molecule has 25 nitrogen and oxygen atoms in total. The molecule has 12 N–H and O–H groups in total. The average molecular weight is 844 g/mol. The SMILES string of the molecule is CC(=O)NC1C(NC(=O)C[C@H](NC(=O)COC2OC(CO)C(O)C(O)C2NC(C)=O)C(=O)NCCOCCOCCOCCOCCC(=O)O)OC(CO)C(O)C1O. The van der Waals surface area contributed by atoms with E-state index in [0.717, 1.165) is 13.8 Å². The zero-order valence-corrected chi connectivity index (χ0v) is 32.2. The monoisotopic (exact) mass is 843 g/mol. The topological polar surface area (TPSA) is 369 Å². The molecule has 0 aliphatic carbocycles. The van der Waals surface area contributed by atoms with Crippen molar-refractivity contribution in [3.05, 3.63) is 0 Å². The van der Waals surface area contributed by atoms with Crippen molar-refractivity contribution in [3.63, 3.8) is 0 Å². The molecule has 58 heavy (non-hydrogen) atoms. The average Bonchev–Trinajstić information content (AvgIpc) is 3.16. The van der Waals surface area contributed by atoms with Gasteiger partial charge in [0.05, 0.1) is 78.9 Å². The second-order valence-electron chi connectivity index (χ2n) is 13.0. The summed E-state index contributed by atoms with van der Waals surface area (Å²) in [6, 6.07) is -4.37. The Morgan fingerprint density at radius 1 is 0.638 bits per heavy atom. The molecular formula is C33H57N5O20. The van der Waals surface area contributed by atoms with E-state index in [2.05, 4.69) is 26.6 Å². The van der Waals surface area contributed by atoms with Gasteiger partial charge in [-0.25, -0.2) is 0 Å². The van der Waals surface area contributed by atoms with Crippen LogP contribution in [0.25, 0.3) is 0 Å². The van der Waals surface area contributed by atoms with E-state index in [9.17, 15) is 59.4 Å². The third-order valence-electron chi connectivity index (χ3n) is 8.39. The fourth-order valence-electron chi connectivity index (χ4n) is 5.55. The van der Waals surface area contributed by atoms with E-state index in [4.69, 9.17) is 38.3 Å². The van der Waals surface area contributed by atoms with E-state index < -0.39 is 129 Å². The van der Waals surface area contributed by atoms with Gasteiger partial charge < -0.3 is 95.5 Å². The van der Waals surface area contributed by atoms with E-state index in [0.29, 0.717) is 0 Å². The lowest BCUT2D eigenvalue weighted by Gasteiger charge is -2.42. The summed E-state index contributed by atoms with van der Waals surface area (Å²) in [4.78, 5) is 73.6. The molecule has 0 saturated carbocycles. The first-order chi connectivity index (χ1) is 27.6. The number of ether oxygens (including phenoxy) is 7. The summed E-state index contributed by atoms with van der Waals surface area (Å²) in [5.41, 5.74) is 0. The van der Waals surface area contributed by atoms with E-state index in [1.165, 1.54) is 0 Å². The summed E-state index contributed by atoms with van der Waals surface area (Å²) in [6.45, 7) is 1.11. The predicted molar refractivity (Wildman–Crippen MR) is 190 cm³/mol. The highest BCUT2D eigenvalue weighted by molar-refractivity contribution is 5.92. The third kappa shape index (κ3) is 18.1. The summed E-state index contributed by atoms with van der Waals surface area (Å²) in [5.74, 6) is -5.07. The van der Waals surface area contributed by atoms with Crippen LogP contribution in [0.2, 0.25) is 0 Å². The summed E-state index contributed by atoms with van der Waals surface area (Å²) < 4.78 is 37.6. The Kier molecular flexibility index (Phi) is 23.6. The summed E-state index contributed by atoms with van der Waals surface area (Å²) >= 11 is 0. The van der Waals surface area contributed by atoms with Crippen LogP contribution < -0.4 is 26.6 Å². The lowest BCUT2D eigenvalue weighted by atomic mass is 9.95. The normalized spacial score (nSPS) is 27.5. The fraction of sp³-hybridized carbons (Fsp3) is 0.818. The van der Waals surface area contributed by atoms with Crippen molar-refractivity contribution in [1.29, 1.82) is 0 Å².